The number of nitrogens with zero attached hydrogens (tertiary/aromatic N) is 2. The van der Waals surface area contributed by atoms with Crippen molar-refractivity contribution in [3.63, 3.8) is 0 Å². The number of benzene rings is 1. The van der Waals surface area contributed by atoms with Crippen LogP contribution in [0.25, 0.3) is 0 Å². The fourth-order valence-corrected chi connectivity index (χ4v) is 2.34. The molecule has 2 aromatic rings. The lowest BCUT2D eigenvalue weighted by atomic mass is 10.2. The van der Waals surface area contributed by atoms with Gasteiger partial charge in [0.15, 0.2) is 0 Å². The molecule has 0 radical (unpaired) electrons. The molecule has 0 spiro atoms. The van der Waals surface area contributed by atoms with E-state index in [2.05, 4.69) is 38.1 Å². The minimum Gasteiger partial charge on any atom is -0.340 e. The Hall–Kier alpha value is -1.13. The van der Waals surface area contributed by atoms with Crippen LogP contribution < -0.4 is 5.32 Å². The van der Waals surface area contributed by atoms with E-state index in [-0.39, 0.29) is 0 Å². The lowest BCUT2D eigenvalue weighted by Crippen LogP contribution is -2.01. The summed E-state index contributed by atoms with van der Waals surface area (Å²) in [5.41, 5.74) is 1.97. The third-order valence-corrected chi connectivity index (χ3v) is 3.56. The fraction of sp³-hybridized carbons (Fsp3) is 0.286. The van der Waals surface area contributed by atoms with Gasteiger partial charge in [-0.2, -0.15) is 0 Å². The molecule has 100 valence electrons. The van der Waals surface area contributed by atoms with Crippen LogP contribution in [-0.4, -0.2) is 9.97 Å². The summed E-state index contributed by atoms with van der Waals surface area (Å²) in [6, 6.07) is 7.64. The summed E-state index contributed by atoms with van der Waals surface area (Å²) in [6.45, 7) is 4.09. The van der Waals surface area contributed by atoms with Crippen LogP contribution in [0.1, 0.15) is 24.7 Å². The van der Waals surface area contributed by atoms with Gasteiger partial charge >= 0.3 is 0 Å². The van der Waals surface area contributed by atoms with Gasteiger partial charge < -0.3 is 5.32 Å². The van der Waals surface area contributed by atoms with Gasteiger partial charge in [-0.1, -0.05) is 24.6 Å². The zero-order valence-electron chi connectivity index (χ0n) is 10.9. The minimum atomic E-state index is 0.743. The van der Waals surface area contributed by atoms with Crippen molar-refractivity contribution in [2.45, 2.75) is 26.7 Å². The van der Waals surface area contributed by atoms with Crippen LogP contribution in [0, 0.1) is 6.92 Å². The van der Waals surface area contributed by atoms with Crippen molar-refractivity contribution in [1.82, 2.24) is 9.97 Å². The molecule has 0 unspecified atom stereocenters. The molecule has 1 N–H and O–H groups in total. The van der Waals surface area contributed by atoms with E-state index in [9.17, 15) is 0 Å². The Labute approximate surface area is 126 Å². The first-order chi connectivity index (χ1) is 9.10. The van der Waals surface area contributed by atoms with Crippen molar-refractivity contribution >= 4 is 39.0 Å². The lowest BCUT2D eigenvalue weighted by Gasteiger charge is -2.11. The van der Waals surface area contributed by atoms with E-state index in [0.29, 0.717) is 0 Å². The number of aromatic nitrogens is 2. The Morgan fingerprint density at radius 1 is 1.32 bits per heavy atom. The van der Waals surface area contributed by atoms with Crippen molar-refractivity contribution in [2.24, 2.45) is 0 Å². The SMILES string of the molecule is CCCc1nc(Br)cc(Nc2cccc(Cl)c2C)n1. The predicted octanol–water partition coefficient (Wildman–Crippen LogP) is 4.90. The predicted molar refractivity (Wildman–Crippen MR) is 83.2 cm³/mol. The highest BCUT2D eigenvalue weighted by molar-refractivity contribution is 9.10. The van der Waals surface area contributed by atoms with E-state index in [1.54, 1.807) is 0 Å². The van der Waals surface area contributed by atoms with Gasteiger partial charge in [0.1, 0.15) is 16.2 Å². The molecule has 2 rings (SSSR count). The first-order valence-electron chi connectivity index (χ1n) is 6.15. The number of anilines is 2. The molecule has 1 aromatic heterocycles. The average molecular weight is 341 g/mol. The average Bonchev–Trinajstić information content (AvgIpc) is 2.35. The Morgan fingerprint density at radius 3 is 2.84 bits per heavy atom. The van der Waals surface area contributed by atoms with E-state index in [1.165, 1.54) is 0 Å². The maximum atomic E-state index is 6.11. The topological polar surface area (TPSA) is 37.8 Å². The molecule has 0 aliphatic rings. The molecule has 0 fully saturated rings. The number of aryl methyl sites for hydroxylation is 1. The van der Waals surface area contributed by atoms with E-state index < -0.39 is 0 Å². The highest BCUT2D eigenvalue weighted by Gasteiger charge is 2.06. The van der Waals surface area contributed by atoms with E-state index >= 15 is 0 Å². The van der Waals surface area contributed by atoms with Crippen LogP contribution in [0.3, 0.4) is 0 Å². The van der Waals surface area contributed by atoms with Crippen LogP contribution in [0.5, 0.6) is 0 Å². The third kappa shape index (κ3) is 3.67. The molecule has 0 aliphatic heterocycles. The summed E-state index contributed by atoms with van der Waals surface area (Å²) in [6.07, 6.45) is 1.88. The summed E-state index contributed by atoms with van der Waals surface area (Å²) in [7, 11) is 0. The molecule has 19 heavy (non-hydrogen) atoms. The molecule has 1 aromatic carbocycles. The minimum absolute atomic E-state index is 0.743. The largest absolute Gasteiger partial charge is 0.340 e. The van der Waals surface area contributed by atoms with Gasteiger partial charge in [0.05, 0.1) is 0 Å². The summed E-state index contributed by atoms with van der Waals surface area (Å²) < 4.78 is 0.785. The number of nitrogens with one attached hydrogen (secondary N) is 1. The smallest absolute Gasteiger partial charge is 0.135 e. The van der Waals surface area contributed by atoms with E-state index in [1.807, 2.05) is 31.2 Å². The first-order valence-corrected chi connectivity index (χ1v) is 7.33. The molecular formula is C14H15BrClN3. The van der Waals surface area contributed by atoms with Crippen LogP contribution in [0.15, 0.2) is 28.9 Å². The van der Waals surface area contributed by atoms with Crippen molar-refractivity contribution < 1.29 is 0 Å². The second-order valence-electron chi connectivity index (χ2n) is 4.28. The molecular weight excluding hydrogens is 326 g/mol. The summed E-state index contributed by atoms with van der Waals surface area (Å²) >= 11 is 9.52. The zero-order chi connectivity index (χ0) is 13.8. The highest BCUT2D eigenvalue weighted by atomic mass is 79.9. The van der Waals surface area contributed by atoms with Crippen molar-refractivity contribution in [2.75, 3.05) is 5.32 Å². The Bertz CT molecular complexity index is 587. The maximum Gasteiger partial charge on any atom is 0.135 e. The molecule has 0 aliphatic carbocycles. The zero-order valence-corrected chi connectivity index (χ0v) is 13.2. The van der Waals surface area contributed by atoms with E-state index in [4.69, 9.17) is 11.6 Å². The van der Waals surface area contributed by atoms with Crippen molar-refractivity contribution in [1.29, 1.82) is 0 Å². The second kappa shape index (κ2) is 6.35. The summed E-state index contributed by atoms with van der Waals surface area (Å²) in [4.78, 5) is 8.84. The van der Waals surface area contributed by atoms with Gasteiger partial charge in [0.25, 0.3) is 0 Å². The number of halogens is 2. The van der Waals surface area contributed by atoms with Crippen LogP contribution in [-0.2, 0) is 6.42 Å². The first kappa shape index (κ1) is 14.3. The van der Waals surface area contributed by atoms with Gasteiger partial charge in [0.2, 0.25) is 0 Å². The number of hydrogen-bond donors (Lipinski definition) is 1. The van der Waals surface area contributed by atoms with Gasteiger partial charge in [0, 0.05) is 23.2 Å². The normalized spacial score (nSPS) is 10.5. The van der Waals surface area contributed by atoms with Crippen LogP contribution in [0.4, 0.5) is 11.5 Å². The molecule has 0 amide bonds. The summed E-state index contributed by atoms with van der Waals surface area (Å²) in [5, 5.41) is 4.03. The lowest BCUT2D eigenvalue weighted by molar-refractivity contribution is 0.831. The number of hydrogen-bond acceptors (Lipinski definition) is 3. The molecule has 5 heteroatoms. The molecule has 3 nitrogen and oxygen atoms in total. The molecule has 0 saturated heterocycles. The van der Waals surface area contributed by atoms with Gasteiger partial charge in [-0.15, -0.1) is 0 Å². The highest BCUT2D eigenvalue weighted by Crippen LogP contribution is 2.26. The molecule has 0 bridgehead atoms. The standard InChI is InChI=1S/C14H15BrClN3/c1-3-5-13-18-12(15)8-14(19-13)17-11-7-4-6-10(16)9(11)2/h4,6-8H,3,5H2,1-2H3,(H,17,18,19). The third-order valence-electron chi connectivity index (χ3n) is 2.75. The van der Waals surface area contributed by atoms with E-state index in [0.717, 1.165) is 45.4 Å². The van der Waals surface area contributed by atoms with Gasteiger partial charge in [-0.05, 0) is 47.0 Å². The molecule has 1 heterocycles. The fourth-order valence-electron chi connectivity index (χ4n) is 1.75. The molecule has 0 atom stereocenters. The maximum absolute atomic E-state index is 6.11. The van der Waals surface area contributed by atoms with Crippen LogP contribution >= 0.6 is 27.5 Å². The Kier molecular flexibility index (Phi) is 4.77. The van der Waals surface area contributed by atoms with Gasteiger partial charge in [-0.3, -0.25) is 0 Å². The van der Waals surface area contributed by atoms with Gasteiger partial charge in [-0.25, -0.2) is 9.97 Å². The monoisotopic (exact) mass is 339 g/mol. The molecule has 0 saturated carbocycles. The quantitative estimate of drug-likeness (QED) is 0.805. The van der Waals surface area contributed by atoms with Crippen LogP contribution in [0.2, 0.25) is 5.02 Å². The van der Waals surface area contributed by atoms with Crippen molar-refractivity contribution in [3.05, 3.63) is 45.3 Å². The Balaban J connectivity index is 2.30. The summed E-state index contributed by atoms with van der Waals surface area (Å²) in [5.74, 6) is 1.61. The number of rotatable bonds is 4. The second-order valence-corrected chi connectivity index (χ2v) is 5.50. The Morgan fingerprint density at radius 2 is 2.11 bits per heavy atom. The van der Waals surface area contributed by atoms with Crippen molar-refractivity contribution in [3.8, 4) is 0 Å².